The van der Waals surface area contributed by atoms with Crippen LogP contribution in [0.4, 0.5) is 13.2 Å². The monoisotopic (exact) mass is 370 g/mol. The van der Waals surface area contributed by atoms with Crippen molar-refractivity contribution in [2.45, 2.75) is 32.4 Å². The van der Waals surface area contributed by atoms with Gasteiger partial charge in [-0.2, -0.15) is 13.2 Å². The lowest BCUT2D eigenvalue weighted by Crippen LogP contribution is -2.15. The van der Waals surface area contributed by atoms with Gasteiger partial charge in [-0.05, 0) is 58.8 Å². The minimum atomic E-state index is -4.49. The Hall–Kier alpha value is -2.82. The molecule has 3 aromatic rings. The molecule has 2 nitrogen and oxygen atoms in total. The van der Waals surface area contributed by atoms with Crippen LogP contribution in [0.5, 0.6) is 5.75 Å². The largest absolute Gasteiger partial charge is 0.507 e. The van der Waals surface area contributed by atoms with E-state index >= 15 is 0 Å². The van der Waals surface area contributed by atoms with Gasteiger partial charge in [0.2, 0.25) is 0 Å². The summed E-state index contributed by atoms with van der Waals surface area (Å²) in [5, 5.41) is 11.2. The van der Waals surface area contributed by atoms with E-state index in [4.69, 9.17) is 0 Å². The second-order valence-corrected chi connectivity index (χ2v) is 7.52. The zero-order chi connectivity index (χ0) is 19.7. The van der Waals surface area contributed by atoms with E-state index in [9.17, 15) is 23.1 Å². The van der Waals surface area contributed by atoms with Crippen LogP contribution in [0.3, 0.4) is 0 Å². The Morgan fingerprint density at radius 2 is 1.67 bits per heavy atom. The van der Waals surface area contributed by atoms with Crippen LogP contribution < -0.4 is 0 Å². The maximum atomic E-state index is 13.1. The van der Waals surface area contributed by atoms with Crippen molar-refractivity contribution in [3.63, 3.8) is 0 Å². The fourth-order valence-electron chi connectivity index (χ4n) is 4.03. The normalized spacial score (nSPS) is 14.9. The highest BCUT2D eigenvalue weighted by Crippen LogP contribution is 2.53. The van der Waals surface area contributed by atoms with Gasteiger partial charge in [-0.3, -0.25) is 4.79 Å². The van der Waals surface area contributed by atoms with Crippen molar-refractivity contribution in [3.05, 3.63) is 64.7 Å². The summed E-state index contributed by atoms with van der Waals surface area (Å²) < 4.78 is 39.3. The average Bonchev–Trinajstić information content (AvgIpc) is 2.81. The summed E-state index contributed by atoms with van der Waals surface area (Å²) in [6.07, 6.45) is -4.49. The minimum absolute atomic E-state index is 0.0773. The lowest BCUT2D eigenvalue weighted by molar-refractivity contribution is -0.137. The molecule has 0 aromatic heterocycles. The summed E-state index contributed by atoms with van der Waals surface area (Å²) >= 11 is 0. The second kappa shape index (κ2) is 5.35. The van der Waals surface area contributed by atoms with E-state index in [1.54, 1.807) is 18.2 Å². The number of halogens is 3. The van der Waals surface area contributed by atoms with Crippen molar-refractivity contribution in [1.82, 2.24) is 0 Å². The number of hydrogen-bond acceptors (Lipinski definition) is 2. The van der Waals surface area contributed by atoms with Crippen LogP contribution >= 0.6 is 0 Å². The Kier molecular flexibility index (Phi) is 3.48. The molecule has 1 N–H and O–H groups in total. The molecule has 5 heteroatoms. The van der Waals surface area contributed by atoms with Gasteiger partial charge in [-0.25, -0.2) is 0 Å². The van der Waals surface area contributed by atoms with E-state index in [1.807, 2.05) is 19.9 Å². The van der Waals surface area contributed by atoms with Crippen LogP contribution in [0.15, 0.2) is 42.5 Å². The molecule has 0 saturated carbocycles. The smallest absolute Gasteiger partial charge is 0.416 e. The molecule has 0 fully saturated rings. The quantitative estimate of drug-likeness (QED) is 0.528. The molecular formula is C22H17F3O2. The van der Waals surface area contributed by atoms with E-state index in [0.717, 1.165) is 34.4 Å². The Bertz CT molecular complexity index is 1120. The molecule has 4 rings (SSSR count). The maximum Gasteiger partial charge on any atom is 0.416 e. The highest BCUT2D eigenvalue weighted by Gasteiger charge is 2.38. The van der Waals surface area contributed by atoms with E-state index in [1.165, 1.54) is 13.0 Å². The van der Waals surface area contributed by atoms with Crippen LogP contribution in [0.2, 0.25) is 0 Å². The molecule has 0 radical (unpaired) electrons. The van der Waals surface area contributed by atoms with Gasteiger partial charge in [0.15, 0.2) is 5.78 Å². The zero-order valence-electron chi connectivity index (χ0n) is 15.0. The Morgan fingerprint density at radius 3 is 2.30 bits per heavy atom. The van der Waals surface area contributed by atoms with Gasteiger partial charge in [-0.15, -0.1) is 0 Å². The lowest BCUT2D eigenvalue weighted by atomic mass is 9.81. The summed E-state index contributed by atoms with van der Waals surface area (Å²) in [7, 11) is 0. The van der Waals surface area contributed by atoms with Crippen LogP contribution in [-0.4, -0.2) is 10.9 Å². The molecule has 138 valence electrons. The highest BCUT2D eigenvalue weighted by molar-refractivity contribution is 6.06. The number of carbonyl (C=O) groups is 1. The summed E-state index contributed by atoms with van der Waals surface area (Å²) in [4.78, 5) is 11.8. The number of ketones is 1. The molecule has 3 aromatic carbocycles. The van der Waals surface area contributed by atoms with Crippen molar-refractivity contribution in [2.75, 3.05) is 0 Å². The fraction of sp³-hybridized carbons (Fsp3) is 0.227. The maximum absolute atomic E-state index is 13.1. The topological polar surface area (TPSA) is 37.3 Å². The van der Waals surface area contributed by atoms with Crippen LogP contribution in [0.25, 0.3) is 21.9 Å². The molecule has 27 heavy (non-hydrogen) atoms. The summed E-state index contributed by atoms with van der Waals surface area (Å²) in [6, 6.07) is 10.4. The molecule has 0 atom stereocenters. The first-order valence-electron chi connectivity index (χ1n) is 8.55. The van der Waals surface area contributed by atoms with Gasteiger partial charge in [0.05, 0.1) is 5.56 Å². The Morgan fingerprint density at radius 1 is 0.963 bits per heavy atom. The first-order chi connectivity index (χ1) is 12.5. The standard InChI is InChI=1S/C22H17F3O2/c1-11(26)12-4-7-17-16(8-12)20-14-6-5-13(22(23,24)25)9-15(14)19(27)10-18(20)21(17,2)3/h4-10,27H,1-3H3. The van der Waals surface area contributed by atoms with Crippen molar-refractivity contribution in [2.24, 2.45) is 0 Å². The number of carbonyl (C=O) groups excluding carboxylic acids is 1. The molecule has 0 amide bonds. The van der Waals surface area contributed by atoms with Crippen molar-refractivity contribution in [1.29, 1.82) is 0 Å². The summed E-state index contributed by atoms with van der Waals surface area (Å²) in [5.41, 5.74) is 2.73. The van der Waals surface area contributed by atoms with Crippen LogP contribution in [0.1, 0.15) is 47.8 Å². The minimum Gasteiger partial charge on any atom is -0.507 e. The molecule has 0 spiro atoms. The third-order valence-corrected chi connectivity index (χ3v) is 5.48. The Labute approximate surface area is 154 Å². The zero-order valence-corrected chi connectivity index (χ0v) is 15.0. The number of rotatable bonds is 1. The van der Waals surface area contributed by atoms with Crippen LogP contribution in [0, 0.1) is 0 Å². The predicted octanol–water partition coefficient (Wildman–Crippen LogP) is 6.07. The molecule has 1 aliphatic rings. The van der Waals surface area contributed by atoms with Crippen molar-refractivity contribution in [3.8, 4) is 16.9 Å². The predicted molar refractivity (Wildman–Crippen MR) is 98.2 cm³/mol. The molecule has 0 bridgehead atoms. The van der Waals surface area contributed by atoms with E-state index in [-0.39, 0.29) is 16.9 Å². The Balaban J connectivity index is 2.11. The molecule has 0 heterocycles. The number of aromatic hydroxyl groups is 1. The number of phenols is 1. The first kappa shape index (κ1) is 17.6. The number of alkyl halides is 3. The average molecular weight is 370 g/mol. The van der Waals surface area contributed by atoms with Gasteiger partial charge in [0.25, 0.3) is 0 Å². The van der Waals surface area contributed by atoms with Gasteiger partial charge in [0, 0.05) is 16.4 Å². The third-order valence-electron chi connectivity index (χ3n) is 5.48. The van der Waals surface area contributed by atoms with Crippen molar-refractivity contribution < 1.29 is 23.1 Å². The van der Waals surface area contributed by atoms with E-state index in [2.05, 4.69) is 0 Å². The molecular weight excluding hydrogens is 353 g/mol. The van der Waals surface area contributed by atoms with Gasteiger partial charge in [-0.1, -0.05) is 32.0 Å². The summed E-state index contributed by atoms with van der Waals surface area (Å²) in [6.45, 7) is 5.48. The van der Waals surface area contributed by atoms with Gasteiger partial charge >= 0.3 is 6.18 Å². The van der Waals surface area contributed by atoms with Crippen LogP contribution in [-0.2, 0) is 11.6 Å². The molecule has 0 saturated heterocycles. The van der Waals surface area contributed by atoms with Crippen molar-refractivity contribution >= 4 is 16.6 Å². The van der Waals surface area contributed by atoms with E-state index in [0.29, 0.717) is 10.9 Å². The number of fused-ring (bicyclic) bond motifs is 5. The number of Topliss-reactive ketones (excluding diaryl/α,β-unsaturated/α-hetero) is 1. The SMILES string of the molecule is CC(=O)c1ccc2c(c1)-c1c(cc(O)c3cc(C(F)(F)F)ccc13)C2(C)C. The highest BCUT2D eigenvalue weighted by atomic mass is 19.4. The number of hydrogen-bond donors (Lipinski definition) is 1. The third kappa shape index (κ3) is 2.45. The summed E-state index contributed by atoms with van der Waals surface area (Å²) in [5.74, 6) is -0.256. The lowest BCUT2D eigenvalue weighted by Gasteiger charge is -2.22. The number of phenolic OH excluding ortho intramolecular Hbond substituents is 1. The van der Waals surface area contributed by atoms with Gasteiger partial charge in [0.1, 0.15) is 5.75 Å². The fourth-order valence-corrected chi connectivity index (χ4v) is 4.03. The molecule has 0 aliphatic heterocycles. The van der Waals surface area contributed by atoms with E-state index < -0.39 is 17.2 Å². The molecule has 0 unspecified atom stereocenters. The first-order valence-corrected chi connectivity index (χ1v) is 8.55. The second-order valence-electron chi connectivity index (χ2n) is 7.52. The number of benzene rings is 3. The molecule has 1 aliphatic carbocycles. The van der Waals surface area contributed by atoms with Gasteiger partial charge < -0.3 is 5.11 Å².